The molecular formula is C34H39N3O8. The van der Waals surface area contributed by atoms with Crippen molar-refractivity contribution in [1.82, 2.24) is 4.90 Å². The van der Waals surface area contributed by atoms with Gasteiger partial charge in [-0.2, -0.15) is 0 Å². The first-order valence-electron chi connectivity index (χ1n) is 14.6. The van der Waals surface area contributed by atoms with Gasteiger partial charge in [-0.3, -0.25) is 24.1 Å². The molecule has 0 saturated heterocycles. The smallest absolute Gasteiger partial charge is 0.255 e. The Hall–Kier alpha value is -4.48. The lowest BCUT2D eigenvalue weighted by molar-refractivity contribution is -0.176. The number of hydrogen-bond donors (Lipinski definition) is 6. The molecule has 11 heteroatoms. The number of carbonyl (C=O) groups is 4. The second-order valence-corrected chi connectivity index (χ2v) is 14.2. The number of phenolic OH excluding ortho intramolecular Hbond substituents is 1. The van der Waals surface area contributed by atoms with Crippen LogP contribution in [0, 0.1) is 16.2 Å². The first-order chi connectivity index (χ1) is 20.7. The zero-order valence-corrected chi connectivity index (χ0v) is 26.4. The Morgan fingerprint density at radius 2 is 1.60 bits per heavy atom. The molecule has 0 aliphatic heterocycles. The predicted molar refractivity (Wildman–Crippen MR) is 167 cm³/mol. The monoisotopic (exact) mass is 617 g/mol. The first kappa shape index (κ1) is 31.9. The number of Topliss-reactive ketones (excluding diaryl/α,β-unsaturated/α-hetero) is 2. The van der Waals surface area contributed by atoms with Gasteiger partial charge in [-0.15, -0.1) is 0 Å². The predicted octanol–water partition coefficient (Wildman–Crippen LogP) is 3.40. The molecule has 2 amide bonds. The Bertz CT molecular complexity index is 1750. The zero-order chi connectivity index (χ0) is 33.6. The Morgan fingerprint density at radius 3 is 2.13 bits per heavy atom. The van der Waals surface area contributed by atoms with Crippen LogP contribution in [0.3, 0.4) is 0 Å². The van der Waals surface area contributed by atoms with Crippen LogP contribution in [-0.2, 0) is 25.6 Å². The van der Waals surface area contributed by atoms with Gasteiger partial charge in [0.1, 0.15) is 22.8 Å². The molecular weight excluding hydrogens is 578 g/mol. The van der Waals surface area contributed by atoms with Gasteiger partial charge in [-0.05, 0) is 61.8 Å². The fraction of sp³-hybridized carbons (Fsp3) is 0.412. The molecule has 2 aromatic carbocycles. The minimum atomic E-state index is -2.78. The fourth-order valence-electron chi connectivity index (χ4n) is 7.64. The molecule has 0 spiro atoms. The topological polar surface area (TPSA) is 190 Å². The van der Waals surface area contributed by atoms with Crippen LogP contribution in [-0.4, -0.2) is 74.4 Å². The van der Waals surface area contributed by atoms with Gasteiger partial charge >= 0.3 is 0 Å². The summed E-state index contributed by atoms with van der Waals surface area (Å²) < 4.78 is 0. The SMILES string of the molecule is CN(C)[C@@H]1C(=O)C(C(N)=O)=C(O)[C@@]2(O)C(=O)C3=C(O)c4c(O)ccc(-c5ccc(NC(=O)C(C)(C)C)cc5)c4C[C@@]3(C)C[C@@]12C. The summed E-state index contributed by atoms with van der Waals surface area (Å²) in [5, 5.41) is 48.9. The van der Waals surface area contributed by atoms with Crippen molar-refractivity contribution in [1.29, 1.82) is 0 Å². The average molecular weight is 618 g/mol. The lowest BCUT2D eigenvalue weighted by Crippen LogP contribution is -2.72. The molecule has 0 aromatic heterocycles. The summed E-state index contributed by atoms with van der Waals surface area (Å²) in [4.78, 5) is 54.2. The van der Waals surface area contributed by atoms with Crippen LogP contribution >= 0.6 is 0 Å². The number of amides is 2. The number of rotatable bonds is 4. The van der Waals surface area contributed by atoms with E-state index >= 15 is 0 Å². The van der Waals surface area contributed by atoms with Gasteiger partial charge in [0.15, 0.2) is 11.4 Å². The molecule has 0 heterocycles. The highest BCUT2D eigenvalue weighted by atomic mass is 16.3. The van der Waals surface area contributed by atoms with Crippen LogP contribution in [0.2, 0.25) is 0 Å². The standard InChI is InChI=1S/C34H39N3O8/c1-31(2,3)30(44)36-17-10-8-16(9-11-17)18-12-13-20(38)21-19(18)14-32(4)15-33(5)26(37(6)7)25(40)22(29(35)43)27(41)34(33,45)28(42)23(32)24(21)39/h8-13,26,38-39,41,45H,14-15H2,1-7H3,(H2,35,43)(H,36,44)/t26-,32+,33+,34-/m1/s1. The molecule has 0 bridgehead atoms. The molecule has 11 nitrogen and oxygen atoms in total. The van der Waals surface area contributed by atoms with Crippen LogP contribution in [0.4, 0.5) is 5.69 Å². The molecule has 45 heavy (non-hydrogen) atoms. The third-order valence-electron chi connectivity index (χ3n) is 9.65. The number of aliphatic hydroxyl groups excluding tert-OH is 2. The maximum atomic E-state index is 14.4. The highest BCUT2D eigenvalue weighted by molar-refractivity contribution is 6.25. The van der Waals surface area contributed by atoms with E-state index in [1.807, 2.05) is 20.8 Å². The normalized spacial score (nSPS) is 28.1. The van der Waals surface area contributed by atoms with Gasteiger partial charge in [0.25, 0.3) is 5.91 Å². The van der Waals surface area contributed by atoms with Crippen LogP contribution in [0.15, 0.2) is 53.3 Å². The van der Waals surface area contributed by atoms with E-state index in [-0.39, 0.29) is 35.6 Å². The van der Waals surface area contributed by atoms with Crippen molar-refractivity contribution in [2.24, 2.45) is 22.0 Å². The number of hydrogen-bond acceptors (Lipinski definition) is 9. The molecule has 1 fully saturated rings. The number of anilines is 1. The number of carbonyl (C=O) groups excluding carboxylic acids is 4. The summed E-state index contributed by atoms with van der Waals surface area (Å²) in [6, 6.07) is 8.94. The van der Waals surface area contributed by atoms with Crippen LogP contribution in [0.1, 0.15) is 52.2 Å². The van der Waals surface area contributed by atoms with Gasteiger partial charge in [0.05, 0.1) is 11.6 Å². The van der Waals surface area contributed by atoms with Crippen molar-refractivity contribution < 1.29 is 39.6 Å². The van der Waals surface area contributed by atoms with E-state index in [9.17, 15) is 39.6 Å². The zero-order valence-electron chi connectivity index (χ0n) is 26.4. The second kappa shape index (κ2) is 10.0. The van der Waals surface area contributed by atoms with E-state index < -0.39 is 62.5 Å². The molecule has 1 saturated carbocycles. The molecule has 0 radical (unpaired) electrons. The van der Waals surface area contributed by atoms with Crippen molar-refractivity contribution in [3.63, 3.8) is 0 Å². The molecule has 3 aliphatic rings. The van der Waals surface area contributed by atoms with E-state index in [1.165, 1.54) is 17.9 Å². The summed E-state index contributed by atoms with van der Waals surface area (Å²) in [6.45, 7) is 8.66. The van der Waals surface area contributed by atoms with Crippen molar-refractivity contribution in [3.05, 3.63) is 64.4 Å². The average Bonchev–Trinajstić information content (AvgIpc) is 2.90. The van der Waals surface area contributed by atoms with Gasteiger partial charge < -0.3 is 31.5 Å². The number of ketones is 2. The maximum Gasteiger partial charge on any atom is 0.255 e. The van der Waals surface area contributed by atoms with Crippen LogP contribution in [0.25, 0.3) is 16.9 Å². The lowest BCUT2D eigenvalue weighted by Gasteiger charge is -2.59. The van der Waals surface area contributed by atoms with Gasteiger partial charge in [0, 0.05) is 27.5 Å². The molecule has 4 atom stereocenters. The Labute approximate surface area is 261 Å². The second-order valence-electron chi connectivity index (χ2n) is 14.2. The Kier molecular flexibility index (Phi) is 7.11. The maximum absolute atomic E-state index is 14.4. The number of aliphatic hydroxyl groups is 3. The fourth-order valence-corrected chi connectivity index (χ4v) is 7.64. The lowest BCUT2D eigenvalue weighted by atomic mass is 9.46. The summed E-state index contributed by atoms with van der Waals surface area (Å²) >= 11 is 0. The number of aromatic hydroxyl groups is 1. The minimum Gasteiger partial charge on any atom is -0.508 e. The summed E-state index contributed by atoms with van der Waals surface area (Å²) in [5.74, 6) is -5.36. The van der Waals surface area contributed by atoms with E-state index in [1.54, 1.807) is 51.4 Å². The quantitative estimate of drug-likeness (QED) is 0.279. The number of fused-ring (bicyclic) bond motifs is 3. The van der Waals surface area contributed by atoms with Gasteiger partial charge in [0.2, 0.25) is 11.7 Å². The van der Waals surface area contributed by atoms with Crippen LogP contribution < -0.4 is 11.1 Å². The van der Waals surface area contributed by atoms with Gasteiger partial charge in [-0.25, -0.2) is 0 Å². The number of nitrogens with zero attached hydrogens (tertiary/aromatic N) is 1. The number of nitrogens with one attached hydrogen (secondary N) is 1. The minimum absolute atomic E-state index is 0.000259. The number of likely N-dealkylation sites (N-methyl/N-ethyl adjacent to an activating group) is 1. The first-order valence-corrected chi connectivity index (χ1v) is 14.6. The van der Waals surface area contributed by atoms with Crippen molar-refractivity contribution >= 4 is 34.8 Å². The highest BCUT2D eigenvalue weighted by Gasteiger charge is 2.72. The Morgan fingerprint density at radius 1 is 1.00 bits per heavy atom. The molecule has 5 rings (SSSR count). The summed E-state index contributed by atoms with van der Waals surface area (Å²) in [7, 11) is 3.12. The van der Waals surface area contributed by atoms with Crippen molar-refractivity contribution in [3.8, 4) is 16.9 Å². The largest absolute Gasteiger partial charge is 0.508 e. The summed E-state index contributed by atoms with van der Waals surface area (Å²) in [5.41, 5.74) is 0.634. The van der Waals surface area contributed by atoms with Crippen molar-refractivity contribution in [2.45, 2.75) is 59.1 Å². The van der Waals surface area contributed by atoms with Crippen LogP contribution in [0.5, 0.6) is 5.75 Å². The van der Waals surface area contributed by atoms with Crippen molar-refractivity contribution in [2.75, 3.05) is 19.4 Å². The molecule has 7 N–H and O–H groups in total. The van der Waals surface area contributed by atoms with Gasteiger partial charge in [-0.1, -0.05) is 52.8 Å². The van der Waals surface area contributed by atoms with E-state index in [0.717, 1.165) is 5.56 Å². The Balaban J connectivity index is 1.70. The van der Waals surface area contributed by atoms with E-state index in [4.69, 9.17) is 5.73 Å². The molecule has 2 aromatic rings. The number of benzene rings is 2. The summed E-state index contributed by atoms with van der Waals surface area (Å²) in [6.07, 6.45) is 0.0471. The highest BCUT2D eigenvalue weighted by Crippen LogP contribution is 2.63. The molecule has 0 unspecified atom stereocenters. The number of primary amides is 1. The van der Waals surface area contributed by atoms with E-state index in [0.29, 0.717) is 16.8 Å². The molecule has 3 aliphatic carbocycles. The number of nitrogens with two attached hydrogens (primary N) is 1. The third-order valence-corrected chi connectivity index (χ3v) is 9.65. The third kappa shape index (κ3) is 4.39. The molecule has 238 valence electrons. The number of phenols is 1. The van der Waals surface area contributed by atoms with E-state index in [2.05, 4.69) is 5.32 Å².